The van der Waals surface area contributed by atoms with Crippen LogP contribution in [0.2, 0.25) is 0 Å². The molecule has 4 aliphatic carbocycles. The van der Waals surface area contributed by atoms with Crippen LogP contribution < -0.4 is 0 Å². The Labute approximate surface area is 287 Å². The molecule has 1 heterocycles. The average Bonchev–Trinajstić information content (AvgIpc) is 3.27. The molecule has 13 nitrogen and oxygen atoms in total. The summed E-state index contributed by atoms with van der Waals surface area (Å²) in [6, 6.07) is 0. The zero-order chi connectivity index (χ0) is 36.1. The van der Waals surface area contributed by atoms with Crippen LogP contribution in [0, 0.1) is 33.5 Å². The first-order chi connectivity index (χ1) is 22.8. The van der Waals surface area contributed by atoms with Gasteiger partial charge in [-0.25, -0.2) is 0 Å². The van der Waals surface area contributed by atoms with Crippen molar-refractivity contribution in [1.29, 1.82) is 0 Å². The van der Waals surface area contributed by atoms with Crippen LogP contribution in [0.5, 0.6) is 0 Å². The second kappa shape index (κ2) is 13.3. The van der Waals surface area contributed by atoms with Crippen molar-refractivity contribution in [2.75, 3.05) is 6.61 Å². The second-order valence-electron chi connectivity index (χ2n) is 15.5. The van der Waals surface area contributed by atoms with Crippen LogP contribution in [0.4, 0.5) is 0 Å². The molecule has 5 aliphatic rings. The summed E-state index contributed by atoms with van der Waals surface area (Å²) in [7, 11) is 0. The highest BCUT2D eigenvalue weighted by Gasteiger charge is 2.68. The van der Waals surface area contributed by atoms with Crippen molar-refractivity contribution < 1.29 is 61.9 Å². The summed E-state index contributed by atoms with van der Waals surface area (Å²) in [5.41, 5.74) is -1.57. The van der Waals surface area contributed by atoms with Crippen molar-refractivity contribution in [3.8, 4) is 0 Å². The molecule has 0 amide bonds. The molecule has 13 heteroatoms. The molecule has 272 valence electrons. The first-order valence-electron chi connectivity index (χ1n) is 17.2. The third kappa shape index (κ3) is 6.83. The maximum absolute atomic E-state index is 14.6. The van der Waals surface area contributed by atoms with Gasteiger partial charge in [0, 0.05) is 40.0 Å². The summed E-state index contributed by atoms with van der Waals surface area (Å²) < 4.78 is 39.8. The zero-order valence-electron chi connectivity index (χ0n) is 29.7. The van der Waals surface area contributed by atoms with E-state index in [1.807, 2.05) is 6.92 Å². The molecule has 12 atom stereocenters. The Hall–Kier alpha value is -3.48. The molecule has 0 aromatic rings. The van der Waals surface area contributed by atoms with Crippen molar-refractivity contribution in [3.05, 3.63) is 12.2 Å². The molecular weight excluding hydrogens is 640 g/mol. The molecule has 0 aromatic heterocycles. The van der Waals surface area contributed by atoms with Gasteiger partial charge in [-0.15, -0.1) is 0 Å². The van der Waals surface area contributed by atoms with Gasteiger partial charge in [-0.2, -0.15) is 0 Å². The van der Waals surface area contributed by atoms with Gasteiger partial charge in [0.2, 0.25) is 12.4 Å². The van der Waals surface area contributed by atoms with Crippen LogP contribution in [0.1, 0.15) is 100 Å². The number of esters is 6. The lowest BCUT2D eigenvalue weighted by atomic mass is 9.40. The van der Waals surface area contributed by atoms with E-state index in [9.17, 15) is 28.8 Å². The number of hydrogen-bond acceptors (Lipinski definition) is 13. The van der Waals surface area contributed by atoms with Crippen LogP contribution in [0.3, 0.4) is 0 Å². The van der Waals surface area contributed by atoms with E-state index in [2.05, 4.69) is 26.0 Å². The maximum atomic E-state index is 14.6. The summed E-state index contributed by atoms with van der Waals surface area (Å²) in [6.07, 6.45) is 2.59. The number of allylic oxidation sites excluding steroid dienone is 1. The van der Waals surface area contributed by atoms with Gasteiger partial charge in [-0.05, 0) is 68.1 Å². The molecule has 1 spiro atoms. The Morgan fingerprint density at radius 2 is 1.31 bits per heavy atom. The number of fused-ring (bicyclic) bond motifs is 3. The zero-order valence-corrected chi connectivity index (χ0v) is 29.7. The lowest BCUT2D eigenvalue weighted by Gasteiger charge is -2.64. The topological polar surface area (TPSA) is 167 Å². The number of hydrogen-bond donors (Lipinski definition) is 0. The molecule has 0 aromatic carbocycles. The SMILES string of the molecule is CC(=O)OCC1OC(OC(=O)C2(C)CCCC3(C)C4CC(OC(C)=O)C5(C)C=CC4(CCC23)C5)C(OC(C)=O)C(OC(C)=O)C1OC(C)=O. The molecule has 49 heavy (non-hydrogen) atoms. The largest absolute Gasteiger partial charge is 0.463 e. The van der Waals surface area contributed by atoms with Crippen LogP contribution in [-0.2, 0) is 61.9 Å². The minimum absolute atomic E-state index is 0.0569. The van der Waals surface area contributed by atoms with Crippen molar-refractivity contribution in [3.63, 3.8) is 0 Å². The van der Waals surface area contributed by atoms with Gasteiger partial charge in [-0.3, -0.25) is 28.8 Å². The van der Waals surface area contributed by atoms with Crippen molar-refractivity contribution >= 4 is 35.8 Å². The van der Waals surface area contributed by atoms with Gasteiger partial charge in [0.1, 0.15) is 18.8 Å². The smallest absolute Gasteiger partial charge is 0.314 e. The van der Waals surface area contributed by atoms with Crippen molar-refractivity contribution in [2.45, 2.75) is 137 Å². The van der Waals surface area contributed by atoms with Crippen molar-refractivity contribution in [1.82, 2.24) is 0 Å². The lowest BCUT2D eigenvalue weighted by Crippen LogP contribution is -2.64. The summed E-state index contributed by atoms with van der Waals surface area (Å²) in [4.78, 5) is 75.2. The van der Waals surface area contributed by atoms with Crippen molar-refractivity contribution in [2.24, 2.45) is 33.5 Å². The van der Waals surface area contributed by atoms with E-state index in [1.165, 1.54) is 13.8 Å². The minimum Gasteiger partial charge on any atom is -0.463 e. The molecule has 0 N–H and O–H groups in total. The van der Waals surface area contributed by atoms with Crippen LogP contribution in [0.15, 0.2) is 12.2 Å². The van der Waals surface area contributed by atoms with Gasteiger partial charge in [0.05, 0.1) is 5.41 Å². The lowest BCUT2D eigenvalue weighted by molar-refractivity contribution is -0.305. The first kappa shape index (κ1) is 36.8. The molecule has 1 saturated heterocycles. The molecular formula is C36H50O13. The number of carbonyl (C=O) groups is 6. The molecule has 1 aliphatic heterocycles. The monoisotopic (exact) mass is 690 g/mol. The van der Waals surface area contributed by atoms with Crippen LogP contribution >= 0.6 is 0 Å². The molecule has 2 bridgehead atoms. The Balaban J connectivity index is 1.46. The second-order valence-corrected chi connectivity index (χ2v) is 15.5. The van der Waals surface area contributed by atoms with Gasteiger partial charge in [-0.1, -0.05) is 32.4 Å². The molecule has 12 unspecified atom stereocenters. The fourth-order valence-electron chi connectivity index (χ4n) is 10.2. The number of ether oxygens (including phenoxy) is 7. The van der Waals surface area contributed by atoms with Crippen LogP contribution in [-0.4, -0.2) is 79.2 Å². The standard InChI is InChI=1S/C36H50O13/c1-19(37)43-17-24-28(45-21(3)39)29(46-22(4)40)30(47-23(5)41)31(48-24)49-32(42)35(8)12-9-11-34(7)25(35)10-13-36-15-14-33(6,18-36)27(16-26(34)36)44-20(2)38/h14-15,24-31H,9-13,16-18H2,1-8H3. The first-order valence-corrected chi connectivity index (χ1v) is 17.2. The fourth-order valence-corrected chi connectivity index (χ4v) is 10.2. The summed E-state index contributed by atoms with van der Waals surface area (Å²) in [5.74, 6) is -3.78. The highest BCUT2D eigenvalue weighted by Crippen LogP contribution is 2.72. The Bertz CT molecular complexity index is 1410. The quantitative estimate of drug-likeness (QED) is 0.203. The van der Waals surface area contributed by atoms with E-state index in [0.717, 1.165) is 52.9 Å². The van der Waals surface area contributed by atoms with Gasteiger partial charge in [0.25, 0.3) is 0 Å². The summed E-state index contributed by atoms with van der Waals surface area (Å²) in [5, 5.41) is 0. The Kier molecular flexibility index (Phi) is 10.0. The third-order valence-electron chi connectivity index (χ3n) is 12.0. The number of rotatable bonds is 8. The Morgan fingerprint density at radius 3 is 1.92 bits per heavy atom. The van der Waals surface area contributed by atoms with E-state index >= 15 is 0 Å². The maximum Gasteiger partial charge on any atom is 0.314 e. The molecule has 0 radical (unpaired) electrons. The average molecular weight is 691 g/mol. The molecule has 5 rings (SSSR count). The fraction of sp³-hybridized carbons (Fsp3) is 0.778. The normalized spacial score (nSPS) is 42.0. The highest BCUT2D eigenvalue weighted by atomic mass is 16.7. The predicted octanol–water partition coefficient (Wildman–Crippen LogP) is 4.12. The minimum atomic E-state index is -1.59. The summed E-state index contributed by atoms with van der Waals surface area (Å²) in [6.45, 7) is 11.9. The highest BCUT2D eigenvalue weighted by molar-refractivity contribution is 5.77. The van der Waals surface area contributed by atoms with Crippen LogP contribution in [0.25, 0.3) is 0 Å². The molecule has 3 saturated carbocycles. The number of carbonyl (C=O) groups excluding carboxylic acids is 6. The summed E-state index contributed by atoms with van der Waals surface area (Å²) >= 11 is 0. The van der Waals surface area contributed by atoms with Gasteiger partial charge < -0.3 is 33.2 Å². The Morgan fingerprint density at radius 1 is 0.694 bits per heavy atom. The van der Waals surface area contributed by atoms with Gasteiger partial charge in [0.15, 0.2) is 12.2 Å². The van der Waals surface area contributed by atoms with E-state index in [1.54, 1.807) is 0 Å². The van der Waals surface area contributed by atoms with E-state index in [4.69, 9.17) is 33.2 Å². The van der Waals surface area contributed by atoms with E-state index in [0.29, 0.717) is 12.8 Å². The third-order valence-corrected chi connectivity index (χ3v) is 12.0. The van der Waals surface area contributed by atoms with E-state index in [-0.39, 0.29) is 40.2 Å². The van der Waals surface area contributed by atoms with E-state index < -0.39 is 72.6 Å². The van der Waals surface area contributed by atoms with Gasteiger partial charge >= 0.3 is 35.8 Å². The predicted molar refractivity (Wildman–Crippen MR) is 169 cm³/mol. The molecule has 4 fully saturated rings.